The van der Waals surface area contributed by atoms with Crippen molar-refractivity contribution in [1.82, 2.24) is 29.7 Å². The van der Waals surface area contributed by atoms with Gasteiger partial charge in [-0.15, -0.1) is 0 Å². The van der Waals surface area contributed by atoms with Gasteiger partial charge in [0.05, 0.1) is 34.4 Å². The monoisotopic (exact) mass is 415 g/mol. The molecule has 31 heavy (non-hydrogen) atoms. The Balaban J connectivity index is 1.53. The van der Waals surface area contributed by atoms with Crippen LogP contribution in [0.2, 0.25) is 0 Å². The highest BCUT2D eigenvalue weighted by Crippen LogP contribution is 2.30. The predicted molar refractivity (Wildman–Crippen MR) is 115 cm³/mol. The summed E-state index contributed by atoms with van der Waals surface area (Å²) in [6.45, 7) is 7.13. The fourth-order valence-corrected chi connectivity index (χ4v) is 4.32. The molecular formula is C23H22FN7. The van der Waals surface area contributed by atoms with Crippen molar-refractivity contribution in [1.29, 1.82) is 5.26 Å². The Morgan fingerprint density at radius 3 is 2.71 bits per heavy atom. The molecule has 1 saturated heterocycles. The van der Waals surface area contributed by atoms with Crippen molar-refractivity contribution in [2.75, 3.05) is 19.6 Å². The number of nitriles is 1. The summed E-state index contributed by atoms with van der Waals surface area (Å²) in [5.41, 5.74) is 4.01. The molecule has 0 bridgehead atoms. The SMILES string of the molecule is CCN1CCC(c2cc3c(F)cc(-c4cc(C#N)c5nc(C)cn5n4)cc3nn2)CC1. The van der Waals surface area contributed by atoms with Gasteiger partial charge in [-0.25, -0.2) is 13.9 Å². The molecule has 0 unspecified atom stereocenters. The van der Waals surface area contributed by atoms with E-state index in [0.717, 1.165) is 43.9 Å². The Kier molecular flexibility index (Phi) is 4.83. The van der Waals surface area contributed by atoms with Gasteiger partial charge < -0.3 is 4.90 Å². The maximum absolute atomic E-state index is 15.1. The highest BCUT2D eigenvalue weighted by Gasteiger charge is 2.22. The molecular weight excluding hydrogens is 393 g/mol. The zero-order valence-corrected chi connectivity index (χ0v) is 17.5. The van der Waals surface area contributed by atoms with Crippen LogP contribution in [0, 0.1) is 24.1 Å². The second-order valence-electron chi connectivity index (χ2n) is 8.07. The lowest BCUT2D eigenvalue weighted by Crippen LogP contribution is -2.32. The van der Waals surface area contributed by atoms with E-state index >= 15 is 4.39 Å². The number of nitrogens with zero attached hydrogens (tertiary/aromatic N) is 7. The smallest absolute Gasteiger partial charge is 0.171 e. The summed E-state index contributed by atoms with van der Waals surface area (Å²) in [4.78, 5) is 6.74. The zero-order valence-electron chi connectivity index (χ0n) is 17.5. The van der Waals surface area contributed by atoms with E-state index in [0.29, 0.717) is 39.3 Å². The third-order valence-corrected chi connectivity index (χ3v) is 6.09. The molecule has 0 aliphatic carbocycles. The third-order valence-electron chi connectivity index (χ3n) is 6.09. The molecule has 156 valence electrons. The first-order chi connectivity index (χ1) is 15.1. The van der Waals surface area contributed by atoms with Crippen LogP contribution in [0.3, 0.4) is 0 Å². The van der Waals surface area contributed by atoms with Crippen molar-refractivity contribution in [3.05, 3.63) is 53.2 Å². The number of fused-ring (bicyclic) bond motifs is 2. The molecule has 0 N–H and O–H groups in total. The lowest BCUT2D eigenvalue weighted by Gasteiger charge is -2.30. The molecule has 0 saturated carbocycles. The number of hydrogen-bond donors (Lipinski definition) is 0. The van der Waals surface area contributed by atoms with Crippen LogP contribution < -0.4 is 0 Å². The number of aryl methyl sites for hydroxylation is 1. The molecule has 3 aromatic heterocycles. The van der Waals surface area contributed by atoms with E-state index in [1.54, 1.807) is 22.8 Å². The minimum atomic E-state index is -0.364. The number of likely N-dealkylation sites (tertiary alicyclic amines) is 1. The molecule has 0 spiro atoms. The van der Waals surface area contributed by atoms with Crippen LogP contribution >= 0.6 is 0 Å². The maximum atomic E-state index is 15.1. The van der Waals surface area contributed by atoms with Crippen LogP contribution in [0.4, 0.5) is 4.39 Å². The first-order valence-corrected chi connectivity index (χ1v) is 10.5. The summed E-state index contributed by atoms with van der Waals surface area (Å²) in [6.07, 6.45) is 3.77. The Morgan fingerprint density at radius 1 is 1.16 bits per heavy atom. The average molecular weight is 415 g/mol. The molecule has 0 amide bonds. The van der Waals surface area contributed by atoms with Crippen LogP contribution in [-0.4, -0.2) is 49.3 Å². The molecule has 8 heteroatoms. The second kappa shape index (κ2) is 7.67. The van der Waals surface area contributed by atoms with Gasteiger partial charge >= 0.3 is 0 Å². The maximum Gasteiger partial charge on any atom is 0.171 e. The number of aromatic nitrogens is 5. The number of halogens is 1. The molecule has 1 aliphatic rings. The zero-order chi connectivity index (χ0) is 21.5. The van der Waals surface area contributed by atoms with Crippen LogP contribution in [-0.2, 0) is 0 Å². The number of hydrogen-bond acceptors (Lipinski definition) is 6. The summed E-state index contributed by atoms with van der Waals surface area (Å²) < 4.78 is 16.7. The fourth-order valence-electron chi connectivity index (χ4n) is 4.32. The standard InChI is InChI=1S/C23H22FN7/c1-3-30-6-4-15(5-7-30)20-11-18-19(24)8-16(9-22(18)28-27-20)21-10-17(12-25)23-26-14(2)13-31(23)29-21/h8-11,13,15H,3-7H2,1-2H3. The highest BCUT2D eigenvalue weighted by molar-refractivity contribution is 5.84. The van der Waals surface area contributed by atoms with E-state index in [2.05, 4.69) is 38.2 Å². The van der Waals surface area contributed by atoms with Gasteiger partial charge in [0, 0.05) is 16.9 Å². The van der Waals surface area contributed by atoms with Crippen LogP contribution in [0.5, 0.6) is 0 Å². The van der Waals surface area contributed by atoms with Crippen LogP contribution in [0.1, 0.15) is 42.6 Å². The third kappa shape index (κ3) is 3.51. The summed E-state index contributed by atoms with van der Waals surface area (Å²) in [5.74, 6) is -0.0534. The summed E-state index contributed by atoms with van der Waals surface area (Å²) in [7, 11) is 0. The minimum Gasteiger partial charge on any atom is -0.304 e. The largest absolute Gasteiger partial charge is 0.304 e. The Labute approximate surface area is 179 Å². The van der Waals surface area contributed by atoms with Gasteiger partial charge in [-0.3, -0.25) is 0 Å². The Hall–Kier alpha value is -3.44. The first-order valence-electron chi connectivity index (χ1n) is 10.5. The molecule has 1 aromatic carbocycles. The highest BCUT2D eigenvalue weighted by atomic mass is 19.1. The van der Waals surface area contributed by atoms with Crippen molar-refractivity contribution in [3.63, 3.8) is 0 Å². The van der Waals surface area contributed by atoms with Gasteiger partial charge in [-0.05, 0) is 63.7 Å². The lowest BCUT2D eigenvalue weighted by atomic mass is 9.92. The van der Waals surface area contributed by atoms with E-state index in [-0.39, 0.29) is 5.82 Å². The number of piperidine rings is 1. The normalized spacial score (nSPS) is 15.5. The summed E-state index contributed by atoms with van der Waals surface area (Å²) >= 11 is 0. The van der Waals surface area contributed by atoms with Crippen molar-refractivity contribution < 1.29 is 4.39 Å². The van der Waals surface area contributed by atoms with E-state index in [1.807, 2.05) is 13.0 Å². The summed E-state index contributed by atoms with van der Waals surface area (Å²) in [6, 6.07) is 8.84. The van der Waals surface area contributed by atoms with Crippen LogP contribution in [0.15, 0.2) is 30.5 Å². The second-order valence-corrected chi connectivity index (χ2v) is 8.07. The van der Waals surface area contributed by atoms with Gasteiger partial charge in [0.1, 0.15) is 11.9 Å². The number of benzene rings is 1. The summed E-state index contributed by atoms with van der Waals surface area (Å²) in [5, 5.41) is 23.2. The quantitative estimate of drug-likeness (QED) is 0.505. The van der Waals surface area contributed by atoms with E-state index < -0.39 is 0 Å². The van der Waals surface area contributed by atoms with Crippen LogP contribution in [0.25, 0.3) is 27.8 Å². The van der Waals surface area contributed by atoms with Crippen molar-refractivity contribution in [2.45, 2.75) is 32.6 Å². The van der Waals surface area contributed by atoms with Gasteiger partial charge in [0.25, 0.3) is 0 Å². The van der Waals surface area contributed by atoms with E-state index in [4.69, 9.17) is 0 Å². The fraction of sp³-hybridized carbons (Fsp3) is 0.348. The molecule has 0 atom stereocenters. The Bertz CT molecular complexity index is 1330. The van der Waals surface area contributed by atoms with Crippen molar-refractivity contribution in [2.24, 2.45) is 0 Å². The van der Waals surface area contributed by atoms with Crippen molar-refractivity contribution in [3.8, 4) is 17.3 Å². The average Bonchev–Trinajstić information content (AvgIpc) is 3.18. The number of rotatable bonds is 3. The molecule has 7 nitrogen and oxygen atoms in total. The van der Waals surface area contributed by atoms with E-state index in [1.165, 1.54) is 6.07 Å². The lowest BCUT2D eigenvalue weighted by molar-refractivity contribution is 0.220. The molecule has 0 radical (unpaired) electrons. The van der Waals surface area contributed by atoms with Gasteiger partial charge in [-0.1, -0.05) is 6.92 Å². The molecule has 5 rings (SSSR count). The predicted octanol–water partition coefficient (Wildman–Crippen LogP) is 3.86. The molecule has 4 heterocycles. The van der Waals surface area contributed by atoms with Gasteiger partial charge in [0.15, 0.2) is 5.65 Å². The minimum absolute atomic E-state index is 0.311. The van der Waals surface area contributed by atoms with Gasteiger partial charge in [-0.2, -0.15) is 20.6 Å². The molecule has 1 fully saturated rings. The molecule has 1 aliphatic heterocycles. The van der Waals surface area contributed by atoms with Crippen molar-refractivity contribution >= 4 is 16.6 Å². The topological polar surface area (TPSA) is 83.0 Å². The number of imidazole rings is 1. The van der Waals surface area contributed by atoms with Gasteiger partial charge in [0.2, 0.25) is 0 Å². The first kappa shape index (κ1) is 19.5. The Morgan fingerprint density at radius 2 is 1.97 bits per heavy atom. The molecule has 4 aromatic rings. The van der Waals surface area contributed by atoms with E-state index in [9.17, 15) is 5.26 Å².